The zero-order valence-corrected chi connectivity index (χ0v) is 54.1. The molecule has 0 bridgehead atoms. The zero-order valence-electron chi connectivity index (χ0n) is 54.1. The first-order valence-corrected chi connectivity index (χ1v) is 29.3. The highest BCUT2D eigenvalue weighted by Gasteiger charge is 2.50. The second-order valence-corrected chi connectivity index (χ2v) is 29.5. The highest BCUT2D eigenvalue weighted by atomic mass is 16.6. The molecule has 5 saturated heterocycles. The molecule has 0 aromatic heterocycles. The van der Waals surface area contributed by atoms with Crippen LogP contribution in [0.5, 0.6) is 0 Å². The Morgan fingerprint density at radius 3 is 0.812 bits per heavy atom. The average molecular weight is 1150 g/mol. The number of piperidine rings is 5. The van der Waals surface area contributed by atoms with E-state index in [4.69, 9.17) is 38.3 Å². The van der Waals surface area contributed by atoms with Gasteiger partial charge >= 0.3 is 5.97 Å². The Labute approximate surface area is 483 Å². The fourth-order valence-corrected chi connectivity index (χ4v) is 13.4. The molecule has 80 heavy (non-hydrogen) atoms. The van der Waals surface area contributed by atoms with Crippen molar-refractivity contribution in [1.29, 1.82) is 0 Å². The van der Waals surface area contributed by atoms with Crippen LogP contribution < -0.4 is 5.32 Å². The molecule has 1 amide bonds. The molecule has 0 saturated carbocycles. The van der Waals surface area contributed by atoms with Crippen LogP contribution in [-0.4, -0.2) is 221 Å². The molecule has 5 heterocycles. The van der Waals surface area contributed by atoms with E-state index in [-0.39, 0.29) is 80.5 Å². The normalized spacial score (nSPS) is 25.9. The molecule has 0 aromatic carbocycles. The minimum atomic E-state index is -0.765. The summed E-state index contributed by atoms with van der Waals surface area (Å²) in [5, 5.41) is 69.9. The summed E-state index contributed by atoms with van der Waals surface area (Å²) in [6.07, 6.45) is 7.72. The van der Waals surface area contributed by atoms with Crippen molar-refractivity contribution in [3.05, 3.63) is 0 Å². The van der Waals surface area contributed by atoms with E-state index in [1.165, 1.54) is 32.2 Å². The smallest absolute Gasteiger partial charge is 0.306 e. The first-order valence-electron chi connectivity index (χ1n) is 29.3. The Balaban J connectivity index is 0.000000381. The van der Waals surface area contributed by atoms with Crippen LogP contribution in [0.3, 0.4) is 0 Å². The molecule has 5 aliphatic heterocycles. The summed E-state index contributed by atoms with van der Waals surface area (Å²) in [6.45, 7) is 47.1. The summed E-state index contributed by atoms with van der Waals surface area (Å²) in [5.41, 5.74) is -3.27. The first-order chi connectivity index (χ1) is 36.3. The van der Waals surface area contributed by atoms with Crippen molar-refractivity contribution in [2.75, 3.05) is 73.2 Å². The molecule has 7 N–H and O–H groups in total. The molecule has 5 fully saturated rings. The molecular formula is C59H118N6O15. The topological polar surface area (TPSA) is 248 Å². The number of hydrogen-bond acceptors (Lipinski definition) is 19. The number of amides is 1. The summed E-state index contributed by atoms with van der Waals surface area (Å²) >= 11 is 0. The molecule has 0 aromatic rings. The lowest BCUT2D eigenvalue weighted by atomic mass is 9.75. The summed E-state index contributed by atoms with van der Waals surface area (Å²) in [6, 6.07) is 0.149. The van der Waals surface area contributed by atoms with Crippen molar-refractivity contribution >= 4 is 11.9 Å². The van der Waals surface area contributed by atoms with E-state index < -0.39 is 17.0 Å². The summed E-state index contributed by atoms with van der Waals surface area (Å²) in [5.74, 6) is -1.12. The van der Waals surface area contributed by atoms with Crippen molar-refractivity contribution in [3.8, 4) is 0 Å². The van der Waals surface area contributed by atoms with E-state index in [1.54, 1.807) is 7.11 Å². The number of nitrogens with zero attached hydrogens (tertiary/aromatic N) is 5. The van der Waals surface area contributed by atoms with Gasteiger partial charge < -0.3 is 69.6 Å². The first kappa shape index (κ1) is 74.4. The SMILES string of the molecule is CC(=O)NC1CC(C)(C)N(O)C(C)(C)C1.CC1(C)CC(C(=O)O)CC(C)(C)N1O.CC1(C)CC(OCCOCCOC2CC(C)(C)N(O)C(C)(C)C2)CC(C)(C)N1O.COCCOCCOCCOC1CC(C)(C)N(O)C(C)(C)C1. The van der Waals surface area contributed by atoms with Crippen molar-refractivity contribution in [3.63, 3.8) is 0 Å². The summed E-state index contributed by atoms with van der Waals surface area (Å²) in [4.78, 5) is 22.0. The van der Waals surface area contributed by atoms with Crippen molar-refractivity contribution < 1.29 is 73.9 Å². The number of carbonyl (C=O) groups is 2. The van der Waals surface area contributed by atoms with Gasteiger partial charge in [0.1, 0.15) is 0 Å². The van der Waals surface area contributed by atoms with Crippen LogP contribution >= 0.6 is 0 Å². The highest BCUT2D eigenvalue weighted by Crippen LogP contribution is 2.42. The average Bonchev–Trinajstić information content (AvgIpc) is 3.28. The van der Waals surface area contributed by atoms with Gasteiger partial charge in [-0.2, -0.15) is 25.3 Å². The number of rotatable bonds is 20. The molecule has 0 aliphatic carbocycles. The standard InChI is InChI=1S/C22H44N2O5.C16H33NO5.C11H22N2O2.C10H19NO3/c1-19(2)13-17(14-20(3,4)23(19)25)28-11-9-27-10-12-29-18-15-21(5,6)24(26)22(7,8)16-18;1-15(2)12-14(13-16(3,4)17(15)18)22-11-10-21-9-8-20-7-6-19-5;1-8(14)12-9-6-10(2,3)13(15)11(4,5)7-9;1-9(2)5-7(8(12)13)6-10(3,4)11(9)14/h17-18,25-26H,9-16H2,1-8H3;14,18H,6-13H2,1-5H3;9,15H,6-7H2,1-5H3,(H,12,14);7,14H,5-6H2,1-4H3,(H,12,13). The van der Waals surface area contributed by atoms with Crippen molar-refractivity contribution in [2.24, 2.45) is 5.92 Å². The third-order valence-corrected chi connectivity index (χ3v) is 16.4. The van der Waals surface area contributed by atoms with Gasteiger partial charge in [0.15, 0.2) is 0 Å². The Morgan fingerprint density at radius 1 is 0.375 bits per heavy atom. The number of hydrogen-bond donors (Lipinski definition) is 7. The van der Waals surface area contributed by atoms with E-state index in [9.17, 15) is 35.6 Å². The maximum Gasteiger partial charge on any atom is 0.306 e. The molecule has 0 unspecified atom stereocenters. The second-order valence-electron chi connectivity index (χ2n) is 29.5. The molecule has 21 heteroatoms. The lowest BCUT2D eigenvalue weighted by molar-refractivity contribution is -0.262. The number of nitrogens with one attached hydrogen (secondary N) is 1. The number of carboxylic acids is 1. The van der Waals surface area contributed by atoms with E-state index in [0.29, 0.717) is 78.9 Å². The molecule has 0 radical (unpaired) electrons. The summed E-state index contributed by atoms with van der Waals surface area (Å²) < 4.78 is 39.4. The van der Waals surface area contributed by atoms with E-state index in [1.807, 2.05) is 138 Å². The van der Waals surface area contributed by atoms with Gasteiger partial charge in [0, 0.05) is 75.5 Å². The van der Waals surface area contributed by atoms with E-state index in [2.05, 4.69) is 5.32 Å². The molecule has 5 rings (SSSR count). The van der Waals surface area contributed by atoms with Crippen LogP contribution in [0.25, 0.3) is 0 Å². The van der Waals surface area contributed by atoms with Gasteiger partial charge in [0.05, 0.1) is 90.3 Å². The maximum atomic E-state index is 11.0. The number of carbonyl (C=O) groups excluding carboxylic acids is 1. The fraction of sp³-hybridized carbons (Fsp3) is 0.966. The van der Waals surface area contributed by atoms with Crippen LogP contribution in [0.15, 0.2) is 0 Å². The zero-order chi connectivity index (χ0) is 61.7. The monoisotopic (exact) mass is 1150 g/mol. The predicted molar refractivity (Wildman–Crippen MR) is 307 cm³/mol. The van der Waals surface area contributed by atoms with Gasteiger partial charge in [0.25, 0.3) is 0 Å². The van der Waals surface area contributed by atoms with E-state index in [0.717, 1.165) is 51.4 Å². The van der Waals surface area contributed by atoms with Crippen molar-refractivity contribution in [2.45, 2.75) is 289 Å². The molecule has 5 aliphatic rings. The van der Waals surface area contributed by atoms with Crippen LogP contribution in [0.2, 0.25) is 0 Å². The predicted octanol–water partition coefficient (Wildman–Crippen LogP) is 9.21. The maximum absolute atomic E-state index is 11.0. The Kier molecular flexibility index (Phi) is 27.9. The van der Waals surface area contributed by atoms with Crippen LogP contribution in [-0.2, 0) is 42.7 Å². The van der Waals surface area contributed by atoms with Gasteiger partial charge in [-0.15, -0.1) is 0 Å². The fourth-order valence-electron chi connectivity index (χ4n) is 13.4. The molecule has 0 atom stereocenters. The summed E-state index contributed by atoms with van der Waals surface area (Å²) in [7, 11) is 1.65. The Hall–Kier alpha value is -1.74. The lowest BCUT2D eigenvalue weighted by Gasteiger charge is -2.51. The number of carboxylic acid groups (broad SMARTS) is 1. The second kappa shape index (κ2) is 30.1. The Bertz CT molecular complexity index is 1730. The van der Waals surface area contributed by atoms with Crippen LogP contribution in [0.1, 0.15) is 210 Å². The van der Waals surface area contributed by atoms with Gasteiger partial charge in [-0.3, -0.25) is 9.59 Å². The van der Waals surface area contributed by atoms with Gasteiger partial charge in [0.2, 0.25) is 5.91 Å². The Morgan fingerprint density at radius 2 is 0.588 bits per heavy atom. The molecule has 0 spiro atoms. The minimum absolute atomic E-state index is 0.00186. The molecular weight excluding hydrogens is 1030 g/mol. The third-order valence-electron chi connectivity index (χ3n) is 16.4. The van der Waals surface area contributed by atoms with Gasteiger partial charge in [-0.05, 0) is 203 Å². The highest BCUT2D eigenvalue weighted by molar-refractivity contribution is 5.73. The molecule has 21 nitrogen and oxygen atoms in total. The van der Waals surface area contributed by atoms with Gasteiger partial charge in [-0.1, -0.05) is 0 Å². The number of hydroxylamine groups is 10. The molecule has 474 valence electrons. The largest absolute Gasteiger partial charge is 0.481 e. The lowest BCUT2D eigenvalue weighted by Crippen LogP contribution is -2.62. The van der Waals surface area contributed by atoms with Crippen molar-refractivity contribution in [1.82, 2.24) is 30.6 Å². The van der Waals surface area contributed by atoms with Crippen LogP contribution in [0.4, 0.5) is 0 Å². The third kappa shape index (κ3) is 22.9. The van der Waals surface area contributed by atoms with E-state index >= 15 is 0 Å². The van der Waals surface area contributed by atoms with Crippen LogP contribution in [0, 0.1) is 5.92 Å². The number of methoxy groups -OCH3 is 1. The number of ether oxygens (including phenoxy) is 7. The number of aliphatic carboxylic acids is 1. The van der Waals surface area contributed by atoms with Gasteiger partial charge in [-0.25, -0.2) is 0 Å². The minimum Gasteiger partial charge on any atom is -0.481 e. The quantitative estimate of drug-likeness (QED) is 0.0561.